The summed E-state index contributed by atoms with van der Waals surface area (Å²) in [6.07, 6.45) is 0. The minimum atomic E-state index is 0.348. The molecule has 3 aromatic rings. The van der Waals surface area contributed by atoms with Crippen LogP contribution >= 0.6 is 0 Å². The molecule has 2 aromatic carbocycles. The van der Waals surface area contributed by atoms with Crippen molar-refractivity contribution >= 4 is 0 Å². The van der Waals surface area contributed by atoms with Crippen LogP contribution in [0.2, 0.25) is 0 Å². The molecule has 1 atom stereocenters. The SMILES string of the molecule is Cc1nn(-c2ccccc2)c(C)c1CNC[C@@H](c1ccccc1)N(C)C. The summed E-state index contributed by atoms with van der Waals surface area (Å²) in [5, 5.41) is 8.37. The Hall–Kier alpha value is -2.43. The Bertz CT molecular complexity index is 822. The van der Waals surface area contributed by atoms with Gasteiger partial charge in [0.25, 0.3) is 0 Å². The van der Waals surface area contributed by atoms with Crippen LogP contribution in [0.25, 0.3) is 5.69 Å². The fraction of sp³-hybridized carbons (Fsp3) is 0.318. The van der Waals surface area contributed by atoms with E-state index in [1.165, 1.54) is 16.8 Å². The predicted molar refractivity (Wildman–Crippen MR) is 108 cm³/mol. The van der Waals surface area contributed by atoms with Gasteiger partial charge in [0, 0.05) is 30.4 Å². The van der Waals surface area contributed by atoms with Gasteiger partial charge in [-0.15, -0.1) is 0 Å². The summed E-state index contributed by atoms with van der Waals surface area (Å²) in [6, 6.07) is 21.3. The molecule has 4 heteroatoms. The molecule has 0 unspecified atom stereocenters. The molecule has 0 radical (unpaired) electrons. The quantitative estimate of drug-likeness (QED) is 0.703. The highest BCUT2D eigenvalue weighted by Crippen LogP contribution is 2.19. The van der Waals surface area contributed by atoms with Crippen LogP contribution in [0, 0.1) is 13.8 Å². The number of aromatic nitrogens is 2. The minimum absolute atomic E-state index is 0.348. The zero-order chi connectivity index (χ0) is 18.5. The van der Waals surface area contributed by atoms with E-state index < -0.39 is 0 Å². The maximum Gasteiger partial charge on any atom is 0.0648 e. The number of benzene rings is 2. The van der Waals surface area contributed by atoms with E-state index in [9.17, 15) is 0 Å². The van der Waals surface area contributed by atoms with Crippen LogP contribution in [0.15, 0.2) is 60.7 Å². The van der Waals surface area contributed by atoms with E-state index in [0.717, 1.165) is 24.5 Å². The van der Waals surface area contributed by atoms with Gasteiger partial charge in [0.05, 0.1) is 11.4 Å². The molecule has 0 bridgehead atoms. The van der Waals surface area contributed by atoms with Gasteiger partial charge in [0.15, 0.2) is 0 Å². The molecule has 1 aromatic heterocycles. The highest BCUT2D eigenvalue weighted by Gasteiger charge is 2.16. The molecule has 0 aliphatic rings. The third-order valence-corrected chi connectivity index (χ3v) is 4.89. The Kier molecular flexibility index (Phi) is 5.86. The maximum atomic E-state index is 4.74. The van der Waals surface area contributed by atoms with Crippen molar-refractivity contribution in [3.8, 4) is 5.69 Å². The lowest BCUT2D eigenvalue weighted by atomic mass is 10.1. The summed E-state index contributed by atoms with van der Waals surface area (Å²) < 4.78 is 2.03. The van der Waals surface area contributed by atoms with Gasteiger partial charge in [-0.2, -0.15) is 5.10 Å². The van der Waals surface area contributed by atoms with Crippen molar-refractivity contribution in [2.24, 2.45) is 0 Å². The first-order valence-electron chi connectivity index (χ1n) is 9.10. The van der Waals surface area contributed by atoms with Crippen LogP contribution in [0.4, 0.5) is 0 Å². The van der Waals surface area contributed by atoms with Crippen LogP contribution in [-0.2, 0) is 6.54 Å². The van der Waals surface area contributed by atoms with E-state index in [2.05, 4.69) is 80.6 Å². The second-order valence-corrected chi connectivity index (χ2v) is 6.92. The maximum absolute atomic E-state index is 4.74. The zero-order valence-corrected chi connectivity index (χ0v) is 16.1. The van der Waals surface area contributed by atoms with Crippen LogP contribution in [-0.4, -0.2) is 35.3 Å². The number of nitrogens with zero attached hydrogens (tertiary/aromatic N) is 3. The number of likely N-dealkylation sites (N-methyl/N-ethyl adjacent to an activating group) is 1. The molecular formula is C22H28N4. The summed E-state index contributed by atoms with van der Waals surface area (Å²) in [6.45, 7) is 5.95. The molecule has 0 aliphatic heterocycles. The van der Waals surface area contributed by atoms with Crippen LogP contribution < -0.4 is 5.32 Å². The lowest BCUT2D eigenvalue weighted by molar-refractivity contribution is 0.288. The fourth-order valence-electron chi connectivity index (χ4n) is 3.36. The normalized spacial score (nSPS) is 12.5. The van der Waals surface area contributed by atoms with E-state index in [-0.39, 0.29) is 0 Å². The third kappa shape index (κ3) is 4.03. The summed E-state index contributed by atoms with van der Waals surface area (Å²) in [5.74, 6) is 0. The van der Waals surface area contributed by atoms with E-state index in [0.29, 0.717) is 6.04 Å². The van der Waals surface area contributed by atoms with E-state index in [1.54, 1.807) is 0 Å². The molecule has 0 amide bonds. The van der Waals surface area contributed by atoms with E-state index in [4.69, 9.17) is 5.10 Å². The van der Waals surface area contributed by atoms with Crippen molar-refractivity contribution in [3.63, 3.8) is 0 Å². The molecule has 1 heterocycles. The Morgan fingerprint density at radius 2 is 1.58 bits per heavy atom. The van der Waals surface area contributed by atoms with Crippen molar-refractivity contribution < 1.29 is 0 Å². The van der Waals surface area contributed by atoms with Gasteiger partial charge in [-0.3, -0.25) is 0 Å². The van der Waals surface area contributed by atoms with Crippen molar-refractivity contribution in [2.45, 2.75) is 26.4 Å². The van der Waals surface area contributed by atoms with Crippen LogP contribution in [0.3, 0.4) is 0 Å². The summed E-state index contributed by atoms with van der Waals surface area (Å²) in [4.78, 5) is 2.26. The highest BCUT2D eigenvalue weighted by molar-refractivity contribution is 5.36. The Balaban J connectivity index is 1.71. The smallest absolute Gasteiger partial charge is 0.0648 e. The molecule has 0 saturated heterocycles. The monoisotopic (exact) mass is 348 g/mol. The number of rotatable bonds is 7. The molecular weight excluding hydrogens is 320 g/mol. The van der Waals surface area contributed by atoms with E-state index in [1.807, 2.05) is 22.9 Å². The van der Waals surface area contributed by atoms with Gasteiger partial charge in [0.2, 0.25) is 0 Å². The third-order valence-electron chi connectivity index (χ3n) is 4.89. The predicted octanol–water partition coefficient (Wildman–Crippen LogP) is 3.88. The molecule has 0 saturated carbocycles. The van der Waals surface area contributed by atoms with Gasteiger partial charge in [0.1, 0.15) is 0 Å². The Morgan fingerprint density at radius 3 is 2.19 bits per heavy atom. The van der Waals surface area contributed by atoms with Gasteiger partial charge in [-0.1, -0.05) is 48.5 Å². The minimum Gasteiger partial charge on any atom is -0.311 e. The highest BCUT2D eigenvalue weighted by atomic mass is 15.3. The largest absolute Gasteiger partial charge is 0.311 e. The first kappa shape index (κ1) is 18.4. The lowest BCUT2D eigenvalue weighted by Crippen LogP contribution is -2.31. The molecule has 26 heavy (non-hydrogen) atoms. The number of nitrogens with one attached hydrogen (secondary N) is 1. The van der Waals surface area contributed by atoms with Crippen molar-refractivity contribution in [2.75, 3.05) is 20.6 Å². The van der Waals surface area contributed by atoms with Crippen molar-refractivity contribution in [1.29, 1.82) is 0 Å². The summed E-state index contributed by atoms with van der Waals surface area (Å²) in [7, 11) is 4.26. The first-order valence-corrected chi connectivity index (χ1v) is 9.10. The first-order chi connectivity index (χ1) is 12.6. The number of para-hydroxylation sites is 1. The van der Waals surface area contributed by atoms with Gasteiger partial charge < -0.3 is 10.2 Å². The van der Waals surface area contributed by atoms with E-state index >= 15 is 0 Å². The number of hydrogen-bond acceptors (Lipinski definition) is 3. The van der Waals surface area contributed by atoms with Gasteiger partial charge in [-0.25, -0.2) is 4.68 Å². The fourth-order valence-corrected chi connectivity index (χ4v) is 3.36. The Morgan fingerprint density at radius 1 is 0.962 bits per heavy atom. The molecule has 4 nitrogen and oxygen atoms in total. The van der Waals surface area contributed by atoms with Gasteiger partial charge in [-0.05, 0) is 45.6 Å². The topological polar surface area (TPSA) is 33.1 Å². The lowest BCUT2D eigenvalue weighted by Gasteiger charge is -2.25. The standard InChI is InChI=1S/C22H28N4/c1-17-21(18(2)26(24-17)20-13-9-6-10-14-20)15-23-16-22(25(3)4)19-11-7-5-8-12-19/h5-14,22-23H,15-16H2,1-4H3/t22-/m0/s1. The summed E-state index contributed by atoms with van der Waals surface area (Å²) in [5.41, 5.74) is 6.00. The molecule has 0 aliphatic carbocycles. The second kappa shape index (κ2) is 8.30. The number of aryl methyl sites for hydroxylation is 1. The molecule has 136 valence electrons. The second-order valence-electron chi connectivity index (χ2n) is 6.92. The van der Waals surface area contributed by atoms with Crippen LogP contribution in [0.5, 0.6) is 0 Å². The zero-order valence-electron chi connectivity index (χ0n) is 16.1. The summed E-state index contributed by atoms with van der Waals surface area (Å²) >= 11 is 0. The average Bonchev–Trinajstić information content (AvgIpc) is 2.94. The van der Waals surface area contributed by atoms with Crippen molar-refractivity contribution in [3.05, 3.63) is 83.2 Å². The molecule has 1 N–H and O–H groups in total. The average molecular weight is 348 g/mol. The van der Waals surface area contributed by atoms with Crippen molar-refractivity contribution in [1.82, 2.24) is 20.0 Å². The number of hydrogen-bond donors (Lipinski definition) is 1. The molecule has 0 fully saturated rings. The molecule has 3 rings (SSSR count). The van der Waals surface area contributed by atoms with Crippen LogP contribution in [0.1, 0.15) is 28.6 Å². The Labute approximate surface area is 156 Å². The van der Waals surface area contributed by atoms with Gasteiger partial charge >= 0.3 is 0 Å². The molecule has 0 spiro atoms.